The molecular weight excluding hydrogens is 244 g/mol. The molecule has 1 fully saturated rings. The third-order valence-corrected chi connectivity index (χ3v) is 3.48. The van der Waals surface area contributed by atoms with E-state index >= 15 is 0 Å². The molecule has 1 aliphatic rings. The van der Waals surface area contributed by atoms with E-state index in [9.17, 15) is 9.59 Å². The van der Waals surface area contributed by atoms with Crippen molar-refractivity contribution in [1.29, 1.82) is 0 Å². The molecule has 1 aromatic heterocycles. The summed E-state index contributed by atoms with van der Waals surface area (Å²) in [5.74, 6) is -0.963. The number of hydrogen-bond donors (Lipinski definition) is 1. The van der Waals surface area contributed by atoms with Crippen LogP contribution in [0.2, 0.25) is 0 Å². The van der Waals surface area contributed by atoms with Crippen LogP contribution in [0.5, 0.6) is 0 Å². The summed E-state index contributed by atoms with van der Waals surface area (Å²) in [4.78, 5) is 25.6. The molecule has 1 aromatic rings. The van der Waals surface area contributed by atoms with Gasteiger partial charge in [-0.3, -0.25) is 14.3 Å². The van der Waals surface area contributed by atoms with Gasteiger partial charge in [-0.15, -0.1) is 0 Å². The molecule has 0 radical (unpaired) electrons. The van der Waals surface area contributed by atoms with Crippen molar-refractivity contribution < 1.29 is 9.59 Å². The fourth-order valence-corrected chi connectivity index (χ4v) is 2.75. The minimum atomic E-state index is -0.490. The lowest BCUT2D eigenvalue weighted by Gasteiger charge is -2.37. The third kappa shape index (κ3) is 2.34. The van der Waals surface area contributed by atoms with Crippen molar-refractivity contribution in [3.63, 3.8) is 0 Å². The first-order chi connectivity index (χ1) is 8.71. The lowest BCUT2D eigenvalue weighted by Crippen LogP contribution is -2.44. The summed E-state index contributed by atoms with van der Waals surface area (Å²) in [6.45, 7) is 5.87. The number of likely N-dealkylation sites (tertiary alicyclic amines) is 1. The summed E-state index contributed by atoms with van der Waals surface area (Å²) in [5, 5.41) is 4.12. The zero-order valence-corrected chi connectivity index (χ0v) is 11.8. The average molecular weight is 264 g/mol. The number of rotatable bonds is 2. The van der Waals surface area contributed by atoms with Crippen LogP contribution in [0.15, 0.2) is 12.4 Å². The minimum Gasteiger partial charge on any atom is -0.369 e. The summed E-state index contributed by atoms with van der Waals surface area (Å²) in [6, 6.07) is -0.321. The number of carbonyl (C=O) groups is 2. The number of hydrogen-bond acceptors (Lipinski definition) is 3. The first-order valence-electron chi connectivity index (χ1n) is 6.32. The van der Waals surface area contributed by atoms with E-state index in [4.69, 9.17) is 5.73 Å². The normalized spacial score (nSPS) is 24.0. The largest absolute Gasteiger partial charge is 0.369 e. The topological polar surface area (TPSA) is 81.2 Å². The van der Waals surface area contributed by atoms with Gasteiger partial charge >= 0.3 is 0 Å². The second-order valence-electron chi connectivity index (χ2n) is 6.04. The van der Waals surface area contributed by atoms with E-state index in [1.807, 2.05) is 27.0 Å². The molecule has 2 N–H and O–H groups in total. The summed E-state index contributed by atoms with van der Waals surface area (Å²) in [5.41, 5.74) is 5.95. The fourth-order valence-electron chi connectivity index (χ4n) is 2.75. The first-order valence-corrected chi connectivity index (χ1v) is 6.32. The minimum absolute atomic E-state index is 0.0369. The van der Waals surface area contributed by atoms with Gasteiger partial charge in [0.25, 0.3) is 0 Å². The van der Waals surface area contributed by atoms with E-state index in [2.05, 4.69) is 5.10 Å². The second kappa shape index (κ2) is 4.36. The van der Waals surface area contributed by atoms with Gasteiger partial charge < -0.3 is 10.6 Å². The standard InChI is InChI=1S/C13H20N4O2/c1-13(2,3)17-10(18)5-9(12(14)19)11(17)8-6-15-16(4)7-8/h6-7,9,11H,5H2,1-4H3,(H2,14,19)/t9-,11-/m0/s1. The van der Waals surface area contributed by atoms with Gasteiger partial charge in [-0.2, -0.15) is 5.10 Å². The molecule has 19 heavy (non-hydrogen) atoms. The monoisotopic (exact) mass is 264 g/mol. The summed E-state index contributed by atoms with van der Waals surface area (Å²) in [6.07, 6.45) is 3.70. The number of nitrogens with zero attached hydrogens (tertiary/aromatic N) is 3. The zero-order chi connectivity index (χ0) is 14.4. The highest BCUT2D eigenvalue weighted by Gasteiger charge is 2.48. The van der Waals surface area contributed by atoms with Gasteiger partial charge in [0.15, 0.2) is 0 Å². The Morgan fingerprint density at radius 3 is 2.53 bits per heavy atom. The summed E-state index contributed by atoms with van der Waals surface area (Å²) in [7, 11) is 1.81. The van der Waals surface area contributed by atoms with Crippen LogP contribution in [0.3, 0.4) is 0 Å². The molecule has 0 aromatic carbocycles. The van der Waals surface area contributed by atoms with Crippen molar-refractivity contribution in [2.24, 2.45) is 18.7 Å². The van der Waals surface area contributed by atoms with Gasteiger partial charge in [0, 0.05) is 30.8 Å². The first kappa shape index (κ1) is 13.6. The smallest absolute Gasteiger partial charge is 0.224 e. The Morgan fingerprint density at radius 2 is 2.11 bits per heavy atom. The molecule has 0 bridgehead atoms. The number of aryl methyl sites for hydroxylation is 1. The van der Waals surface area contributed by atoms with Gasteiger partial charge in [0.05, 0.1) is 18.2 Å². The number of nitrogens with two attached hydrogens (primary N) is 1. The van der Waals surface area contributed by atoms with Gasteiger partial charge in [-0.05, 0) is 20.8 Å². The van der Waals surface area contributed by atoms with E-state index < -0.39 is 11.8 Å². The molecule has 6 heteroatoms. The van der Waals surface area contributed by atoms with E-state index in [0.29, 0.717) is 0 Å². The molecule has 0 saturated carbocycles. The Kier molecular flexibility index (Phi) is 3.12. The molecular formula is C13H20N4O2. The second-order valence-corrected chi connectivity index (χ2v) is 6.04. The van der Waals surface area contributed by atoms with E-state index in [0.717, 1.165) is 5.56 Å². The Morgan fingerprint density at radius 1 is 1.47 bits per heavy atom. The molecule has 2 atom stereocenters. The maximum Gasteiger partial charge on any atom is 0.224 e. The number of amides is 2. The quantitative estimate of drug-likeness (QED) is 0.849. The predicted molar refractivity (Wildman–Crippen MR) is 69.8 cm³/mol. The van der Waals surface area contributed by atoms with Crippen LogP contribution >= 0.6 is 0 Å². The van der Waals surface area contributed by atoms with Crippen molar-refractivity contribution in [3.05, 3.63) is 18.0 Å². The van der Waals surface area contributed by atoms with Gasteiger partial charge in [-0.25, -0.2) is 0 Å². The molecule has 1 aliphatic heterocycles. The predicted octanol–water partition coefficient (Wildman–Crippen LogP) is 0.593. The van der Waals surface area contributed by atoms with E-state index in [1.165, 1.54) is 0 Å². The third-order valence-electron chi connectivity index (χ3n) is 3.48. The van der Waals surface area contributed by atoms with Crippen LogP contribution in [0, 0.1) is 5.92 Å². The molecule has 0 unspecified atom stereocenters. The molecule has 1 saturated heterocycles. The highest BCUT2D eigenvalue weighted by Crippen LogP contribution is 2.41. The van der Waals surface area contributed by atoms with Gasteiger partial charge in [0.1, 0.15) is 0 Å². The van der Waals surface area contributed by atoms with Crippen LogP contribution in [-0.2, 0) is 16.6 Å². The molecule has 104 valence electrons. The van der Waals surface area contributed by atoms with E-state index in [-0.39, 0.29) is 23.9 Å². The van der Waals surface area contributed by atoms with Crippen LogP contribution in [0.1, 0.15) is 38.8 Å². The SMILES string of the molecule is Cn1cc([C@H]2[C@@H](C(N)=O)CC(=O)N2C(C)(C)C)cn1. The molecule has 0 spiro atoms. The van der Waals surface area contributed by atoms with Crippen molar-refractivity contribution in [1.82, 2.24) is 14.7 Å². The van der Waals surface area contributed by atoms with Gasteiger partial charge in [0.2, 0.25) is 11.8 Å². The van der Waals surface area contributed by atoms with E-state index in [1.54, 1.807) is 22.8 Å². The Bertz CT molecular complexity index is 515. The van der Waals surface area contributed by atoms with Crippen LogP contribution in [-0.4, -0.2) is 32.0 Å². The average Bonchev–Trinajstić information content (AvgIpc) is 2.80. The number of primary amides is 1. The number of carbonyl (C=O) groups excluding carboxylic acids is 2. The maximum atomic E-state index is 12.2. The molecule has 6 nitrogen and oxygen atoms in total. The lowest BCUT2D eigenvalue weighted by atomic mass is 9.93. The Balaban J connectivity index is 2.47. The fraction of sp³-hybridized carbons (Fsp3) is 0.615. The summed E-state index contributed by atoms with van der Waals surface area (Å²) >= 11 is 0. The van der Waals surface area contributed by atoms with Crippen LogP contribution in [0.25, 0.3) is 0 Å². The van der Waals surface area contributed by atoms with Gasteiger partial charge in [-0.1, -0.05) is 0 Å². The maximum absolute atomic E-state index is 12.2. The van der Waals surface area contributed by atoms with Crippen molar-refractivity contribution >= 4 is 11.8 Å². The van der Waals surface area contributed by atoms with Crippen molar-refractivity contribution in [3.8, 4) is 0 Å². The number of aromatic nitrogens is 2. The van der Waals surface area contributed by atoms with Crippen LogP contribution in [0.4, 0.5) is 0 Å². The molecule has 2 amide bonds. The molecule has 2 rings (SSSR count). The Hall–Kier alpha value is -1.85. The van der Waals surface area contributed by atoms with Crippen molar-refractivity contribution in [2.45, 2.75) is 38.8 Å². The molecule has 0 aliphatic carbocycles. The Labute approximate surface area is 112 Å². The highest BCUT2D eigenvalue weighted by molar-refractivity contribution is 5.90. The molecule has 2 heterocycles. The van der Waals surface area contributed by atoms with Crippen LogP contribution < -0.4 is 5.73 Å². The lowest BCUT2D eigenvalue weighted by molar-refractivity contribution is -0.133. The van der Waals surface area contributed by atoms with Crippen molar-refractivity contribution in [2.75, 3.05) is 0 Å². The zero-order valence-electron chi connectivity index (χ0n) is 11.8. The highest BCUT2D eigenvalue weighted by atomic mass is 16.2. The summed E-state index contributed by atoms with van der Waals surface area (Å²) < 4.78 is 1.66.